The van der Waals surface area contributed by atoms with E-state index in [-0.39, 0.29) is 11.9 Å². The summed E-state index contributed by atoms with van der Waals surface area (Å²) in [5.41, 5.74) is 5.48. The molecule has 1 fully saturated rings. The molecule has 0 heterocycles. The molecule has 70 valence electrons. The van der Waals surface area contributed by atoms with Crippen molar-refractivity contribution >= 4 is 5.97 Å². The second-order valence-corrected chi connectivity index (χ2v) is 3.36. The largest absolute Gasteiger partial charge is 0.466 e. The van der Waals surface area contributed by atoms with Crippen molar-refractivity contribution in [1.82, 2.24) is 0 Å². The van der Waals surface area contributed by atoms with Crippen molar-refractivity contribution in [2.24, 2.45) is 17.6 Å². The molecule has 3 nitrogen and oxygen atoms in total. The Morgan fingerprint density at radius 3 is 2.75 bits per heavy atom. The molecular weight excluding hydrogens is 154 g/mol. The van der Waals surface area contributed by atoms with Gasteiger partial charge in [-0.25, -0.2) is 0 Å². The van der Waals surface area contributed by atoms with Gasteiger partial charge in [0.2, 0.25) is 0 Å². The second kappa shape index (κ2) is 4.45. The van der Waals surface area contributed by atoms with Gasteiger partial charge in [-0.2, -0.15) is 0 Å². The van der Waals surface area contributed by atoms with Gasteiger partial charge in [0, 0.05) is 6.54 Å². The van der Waals surface area contributed by atoms with E-state index in [1.165, 1.54) is 12.8 Å². The van der Waals surface area contributed by atoms with Crippen molar-refractivity contribution in [2.45, 2.75) is 26.2 Å². The van der Waals surface area contributed by atoms with Crippen molar-refractivity contribution in [3.8, 4) is 0 Å². The van der Waals surface area contributed by atoms with Gasteiger partial charge in [-0.15, -0.1) is 0 Å². The summed E-state index contributed by atoms with van der Waals surface area (Å²) in [4.78, 5) is 11.2. The summed E-state index contributed by atoms with van der Waals surface area (Å²) in [6, 6.07) is 0. The fraction of sp³-hybridized carbons (Fsp3) is 0.889. The Bertz CT molecular complexity index is 155. The molecule has 1 rings (SSSR count). The Kier molecular flexibility index (Phi) is 3.53. The van der Waals surface area contributed by atoms with E-state index < -0.39 is 0 Å². The Morgan fingerprint density at radius 2 is 2.33 bits per heavy atom. The lowest BCUT2D eigenvalue weighted by atomic mass is 10.0. The number of hydrogen-bond acceptors (Lipinski definition) is 3. The topological polar surface area (TPSA) is 52.3 Å². The molecule has 0 aliphatic heterocycles. The van der Waals surface area contributed by atoms with Crippen LogP contribution in [0.5, 0.6) is 0 Å². The first-order valence-electron chi connectivity index (χ1n) is 4.64. The maximum absolute atomic E-state index is 11.2. The van der Waals surface area contributed by atoms with Gasteiger partial charge in [-0.05, 0) is 19.3 Å². The molecule has 0 saturated heterocycles. The average molecular weight is 171 g/mol. The molecule has 1 unspecified atom stereocenters. The van der Waals surface area contributed by atoms with Gasteiger partial charge < -0.3 is 10.5 Å². The minimum Gasteiger partial charge on any atom is -0.466 e. The van der Waals surface area contributed by atoms with E-state index in [0.29, 0.717) is 13.2 Å². The van der Waals surface area contributed by atoms with Gasteiger partial charge in [0.05, 0.1) is 12.5 Å². The van der Waals surface area contributed by atoms with Crippen LogP contribution in [0.1, 0.15) is 26.2 Å². The SMILES string of the molecule is CCOC(=O)C(CN)CC1CC1. The van der Waals surface area contributed by atoms with Crippen LogP contribution in [-0.2, 0) is 9.53 Å². The van der Waals surface area contributed by atoms with E-state index in [4.69, 9.17) is 10.5 Å². The highest BCUT2D eigenvalue weighted by Crippen LogP contribution is 2.35. The van der Waals surface area contributed by atoms with Crippen LogP contribution < -0.4 is 5.73 Å². The summed E-state index contributed by atoms with van der Waals surface area (Å²) >= 11 is 0. The summed E-state index contributed by atoms with van der Waals surface area (Å²) in [5.74, 6) is 0.562. The third-order valence-electron chi connectivity index (χ3n) is 2.22. The minimum absolute atomic E-state index is 0.0579. The van der Waals surface area contributed by atoms with Gasteiger partial charge in [-0.1, -0.05) is 12.8 Å². The number of nitrogens with two attached hydrogens (primary N) is 1. The summed E-state index contributed by atoms with van der Waals surface area (Å²) < 4.78 is 4.90. The van der Waals surface area contributed by atoms with E-state index in [1.54, 1.807) is 0 Å². The zero-order chi connectivity index (χ0) is 8.97. The standard InChI is InChI=1S/C9H17NO2/c1-2-12-9(11)8(6-10)5-7-3-4-7/h7-8H,2-6,10H2,1H3. The van der Waals surface area contributed by atoms with E-state index in [0.717, 1.165) is 12.3 Å². The number of rotatable bonds is 5. The monoisotopic (exact) mass is 171 g/mol. The first-order valence-corrected chi connectivity index (χ1v) is 4.64. The third kappa shape index (κ3) is 2.81. The van der Waals surface area contributed by atoms with E-state index in [1.807, 2.05) is 6.92 Å². The zero-order valence-corrected chi connectivity index (χ0v) is 7.58. The molecule has 1 atom stereocenters. The number of hydrogen-bond donors (Lipinski definition) is 1. The van der Waals surface area contributed by atoms with Crippen molar-refractivity contribution in [1.29, 1.82) is 0 Å². The predicted molar refractivity (Wildman–Crippen MR) is 46.5 cm³/mol. The quantitative estimate of drug-likeness (QED) is 0.626. The molecule has 0 bridgehead atoms. The Labute approximate surface area is 73.3 Å². The maximum Gasteiger partial charge on any atom is 0.310 e. The molecule has 0 aromatic rings. The molecule has 0 aromatic heterocycles. The first-order chi connectivity index (χ1) is 5.77. The van der Waals surface area contributed by atoms with E-state index in [9.17, 15) is 4.79 Å². The Morgan fingerprint density at radius 1 is 1.67 bits per heavy atom. The Balaban J connectivity index is 2.26. The fourth-order valence-electron chi connectivity index (χ4n) is 1.30. The molecule has 0 amide bonds. The van der Waals surface area contributed by atoms with Crippen LogP contribution in [0.15, 0.2) is 0 Å². The van der Waals surface area contributed by atoms with Crippen molar-refractivity contribution in [2.75, 3.05) is 13.2 Å². The van der Waals surface area contributed by atoms with Crippen molar-refractivity contribution < 1.29 is 9.53 Å². The predicted octanol–water partition coefficient (Wildman–Crippen LogP) is 0.924. The fourth-order valence-corrected chi connectivity index (χ4v) is 1.30. The Hall–Kier alpha value is -0.570. The number of ether oxygens (including phenoxy) is 1. The highest BCUT2D eigenvalue weighted by Gasteiger charge is 2.28. The van der Waals surface area contributed by atoms with E-state index >= 15 is 0 Å². The van der Waals surface area contributed by atoms with Crippen LogP contribution in [0.2, 0.25) is 0 Å². The average Bonchev–Trinajstić information content (AvgIpc) is 2.84. The number of carbonyl (C=O) groups is 1. The molecule has 12 heavy (non-hydrogen) atoms. The summed E-state index contributed by atoms with van der Waals surface area (Å²) in [6.07, 6.45) is 3.45. The lowest BCUT2D eigenvalue weighted by Crippen LogP contribution is -2.26. The van der Waals surface area contributed by atoms with Gasteiger partial charge in [0.15, 0.2) is 0 Å². The molecule has 2 N–H and O–H groups in total. The smallest absolute Gasteiger partial charge is 0.310 e. The molecule has 3 heteroatoms. The van der Waals surface area contributed by atoms with Crippen LogP contribution in [0.4, 0.5) is 0 Å². The normalized spacial score (nSPS) is 18.8. The van der Waals surface area contributed by atoms with Crippen LogP contribution >= 0.6 is 0 Å². The molecule has 0 radical (unpaired) electrons. The van der Waals surface area contributed by atoms with Crippen LogP contribution in [0, 0.1) is 11.8 Å². The molecule has 1 aliphatic carbocycles. The summed E-state index contributed by atoms with van der Waals surface area (Å²) in [6.45, 7) is 2.71. The van der Waals surface area contributed by atoms with Crippen molar-refractivity contribution in [3.05, 3.63) is 0 Å². The summed E-state index contributed by atoms with van der Waals surface area (Å²) in [5, 5.41) is 0. The zero-order valence-electron chi connectivity index (χ0n) is 7.58. The van der Waals surface area contributed by atoms with Crippen LogP contribution in [-0.4, -0.2) is 19.1 Å². The van der Waals surface area contributed by atoms with Gasteiger partial charge in [0.25, 0.3) is 0 Å². The highest BCUT2D eigenvalue weighted by atomic mass is 16.5. The molecule has 1 saturated carbocycles. The second-order valence-electron chi connectivity index (χ2n) is 3.36. The minimum atomic E-state index is -0.119. The molecule has 0 aromatic carbocycles. The van der Waals surface area contributed by atoms with Gasteiger partial charge in [0.1, 0.15) is 0 Å². The maximum atomic E-state index is 11.2. The highest BCUT2D eigenvalue weighted by molar-refractivity contribution is 5.72. The van der Waals surface area contributed by atoms with Crippen LogP contribution in [0.25, 0.3) is 0 Å². The summed E-state index contributed by atoms with van der Waals surface area (Å²) in [7, 11) is 0. The number of carbonyl (C=O) groups excluding carboxylic acids is 1. The van der Waals surface area contributed by atoms with Crippen molar-refractivity contribution in [3.63, 3.8) is 0 Å². The first kappa shape index (κ1) is 9.52. The van der Waals surface area contributed by atoms with Gasteiger partial charge >= 0.3 is 5.97 Å². The molecular formula is C9H17NO2. The van der Waals surface area contributed by atoms with Crippen LogP contribution in [0.3, 0.4) is 0 Å². The van der Waals surface area contributed by atoms with E-state index in [2.05, 4.69) is 0 Å². The molecule has 0 spiro atoms. The lowest BCUT2D eigenvalue weighted by Gasteiger charge is -2.11. The third-order valence-corrected chi connectivity index (χ3v) is 2.22. The van der Waals surface area contributed by atoms with Gasteiger partial charge in [-0.3, -0.25) is 4.79 Å². The number of esters is 1. The lowest BCUT2D eigenvalue weighted by molar-refractivity contribution is -0.148. The molecule has 1 aliphatic rings.